The molecule has 0 bridgehead atoms. The number of nitrogens with one attached hydrogen (secondary N) is 2. The molecule has 0 atom stereocenters. The molecule has 4 amide bonds. The molecule has 0 radical (unpaired) electrons. The van der Waals surface area contributed by atoms with E-state index in [4.69, 9.17) is 21.7 Å². The summed E-state index contributed by atoms with van der Waals surface area (Å²) in [5, 5.41) is 13.0. The van der Waals surface area contributed by atoms with Gasteiger partial charge in [0, 0.05) is 47.0 Å². The first-order valence-electron chi connectivity index (χ1n) is 26.7. The highest BCUT2D eigenvalue weighted by atomic mass is 35.5. The number of ether oxygens (including phenoxy) is 2. The van der Waals surface area contributed by atoms with Gasteiger partial charge in [0.25, 0.3) is 0 Å². The predicted octanol–water partition coefficient (Wildman–Crippen LogP) is 14.9. The Hall–Kier alpha value is -5.93. The number of rotatable bonds is 7. The third kappa shape index (κ3) is 21.2. The molecule has 6 rings (SSSR count). The van der Waals surface area contributed by atoms with Crippen LogP contribution >= 0.6 is 12.4 Å². The summed E-state index contributed by atoms with van der Waals surface area (Å²) >= 11 is 0. The molecule has 0 aromatic heterocycles. The molecule has 0 saturated carbocycles. The first-order chi connectivity index (χ1) is 35.2. The van der Waals surface area contributed by atoms with Crippen LogP contribution < -0.4 is 31.1 Å². The number of anilines is 6. The van der Waals surface area contributed by atoms with Crippen LogP contribution in [0.25, 0.3) is 0 Å². The SMILES string of the molecule is CC.CCO.Cc1ccc2c(c1)CCN(c1ccc(NC(=O)CC(C)(C)C)c(N(C(=O)OC(C)(C)C)C(=O)OC(C)(C)C)c1F)C2.Cc1ccc2c(c1)CCN(c1ccc(NC(=O)CC(C)(C)C)c(N)c1F)C2.Cl.[2H]CC. The zero-order valence-electron chi connectivity index (χ0n) is 49.8. The standard InChI is InChI=1S/C32H44FN3O5.C22H28FN3O.C2H6O.2C2H6.ClH/c1-20-11-12-22-19-35(16-15-21(22)17-20)24-14-13-23(34-25(37)18-30(2,3)4)27(26(24)33)36(28(38)40-31(5,6)7)29(39)41-32(8,9)10;1-14-5-6-16-13-26(10-9-15(16)11-14)18-8-7-17(21(24)20(18)23)25-19(27)12-22(2,3)4;1-2-3;2*1-2;/h11-14,17H,15-16,18-19H2,1-10H3,(H,34,37);5-8,11H,9-10,12-13,24H2,1-4H3,(H,25,27);3H,2H2,1H3;2*1-2H3;1H/i;;;1D;;. The minimum atomic E-state index is -1.12. The van der Waals surface area contributed by atoms with E-state index in [0.717, 1.165) is 24.1 Å². The van der Waals surface area contributed by atoms with E-state index >= 15 is 4.39 Å². The molecule has 4 aromatic carbocycles. The normalized spacial score (nSPS) is 13.0. The van der Waals surface area contributed by atoms with Crippen LogP contribution in [0.2, 0.25) is 0 Å². The number of amides is 4. The maximum atomic E-state index is 16.7. The summed E-state index contributed by atoms with van der Waals surface area (Å²) in [6.45, 7) is 36.2. The van der Waals surface area contributed by atoms with Crippen LogP contribution in [0.5, 0.6) is 0 Å². The maximum absolute atomic E-state index is 16.7. The molecule has 16 heteroatoms. The number of halogens is 3. The number of aliphatic hydroxyl groups excluding tert-OH is 1. The number of benzene rings is 4. The summed E-state index contributed by atoms with van der Waals surface area (Å²) in [6, 6.07) is 19.1. The molecule has 424 valence electrons. The van der Waals surface area contributed by atoms with Crippen molar-refractivity contribution in [3.8, 4) is 0 Å². The lowest BCUT2D eigenvalue weighted by Gasteiger charge is -2.34. The van der Waals surface area contributed by atoms with Crippen molar-refractivity contribution < 1.29 is 43.9 Å². The topological polar surface area (TPSA) is 167 Å². The van der Waals surface area contributed by atoms with Gasteiger partial charge in [-0.15, -0.1) is 12.4 Å². The number of hydrogen-bond donors (Lipinski definition) is 4. The molecule has 0 spiro atoms. The van der Waals surface area contributed by atoms with Crippen molar-refractivity contribution in [1.29, 1.82) is 0 Å². The van der Waals surface area contributed by atoms with E-state index in [1.54, 1.807) is 73.6 Å². The van der Waals surface area contributed by atoms with Gasteiger partial charge in [0.1, 0.15) is 16.9 Å². The summed E-state index contributed by atoms with van der Waals surface area (Å²) in [5.74, 6) is -1.87. The Morgan fingerprint density at radius 2 is 1.00 bits per heavy atom. The number of nitrogen functional groups attached to an aromatic ring is 1. The largest absolute Gasteiger partial charge is 0.443 e. The number of aryl methyl sites for hydroxylation is 2. The van der Waals surface area contributed by atoms with Crippen LogP contribution in [-0.2, 0) is 45.0 Å². The molecule has 76 heavy (non-hydrogen) atoms. The third-order valence-corrected chi connectivity index (χ3v) is 11.0. The van der Waals surface area contributed by atoms with Gasteiger partial charge in [-0.2, -0.15) is 4.90 Å². The maximum Gasteiger partial charge on any atom is 0.424 e. The first-order valence-corrected chi connectivity index (χ1v) is 26.0. The van der Waals surface area contributed by atoms with E-state index in [0.29, 0.717) is 55.7 Å². The molecule has 5 N–H and O–H groups in total. The molecular formula is C60H91ClF2N6O7. The van der Waals surface area contributed by atoms with Gasteiger partial charge < -0.3 is 40.7 Å². The van der Waals surface area contributed by atoms with E-state index in [1.807, 2.05) is 84.2 Å². The number of nitrogens with zero attached hydrogens (tertiary/aromatic N) is 3. The lowest BCUT2D eigenvalue weighted by Crippen LogP contribution is -2.45. The zero-order chi connectivity index (χ0) is 58.1. The van der Waals surface area contributed by atoms with Crippen molar-refractivity contribution in [1.82, 2.24) is 0 Å². The summed E-state index contributed by atoms with van der Waals surface area (Å²) in [7, 11) is 0. The van der Waals surface area contributed by atoms with Crippen molar-refractivity contribution in [3.63, 3.8) is 0 Å². The van der Waals surface area contributed by atoms with Crippen molar-refractivity contribution >= 4 is 70.5 Å². The van der Waals surface area contributed by atoms with Gasteiger partial charge in [0.2, 0.25) is 11.8 Å². The highest BCUT2D eigenvalue weighted by Crippen LogP contribution is 2.40. The molecular weight excluding hydrogens is 990 g/mol. The molecule has 0 saturated heterocycles. The second-order valence-corrected chi connectivity index (χ2v) is 22.7. The minimum absolute atomic E-state index is 0. The van der Waals surface area contributed by atoms with Crippen LogP contribution in [-0.4, -0.2) is 60.0 Å². The monoisotopic (exact) mass is 1080 g/mol. The van der Waals surface area contributed by atoms with Gasteiger partial charge in [0.05, 0.1) is 28.4 Å². The second-order valence-electron chi connectivity index (χ2n) is 22.7. The van der Waals surface area contributed by atoms with E-state index < -0.39 is 40.7 Å². The van der Waals surface area contributed by atoms with Gasteiger partial charge in [-0.1, -0.05) is 117 Å². The minimum Gasteiger partial charge on any atom is -0.443 e. The van der Waals surface area contributed by atoms with Gasteiger partial charge in [-0.05, 0) is 133 Å². The fourth-order valence-corrected chi connectivity index (χ4v) is 8.05. The number of imide groups is 1. The van der Waals surface area contributed by atoms with E-state index in [9.17, 15) is 23.6 Å². The molecule has 0 unspecified atom stereocenters. The fourth-order valence-electron chi connectivity index (χ4n) is 8.05. The van der Waals surface area contributed by atoms with Crippen molar-refractivity contribution in [3.05, 3.63) is 106 Å². The number of hydrogen-bond acceptors (Lipinski definition) is 10. The summed E-state index contributed by atoms with van der Waals surface area (Å²) in [5.41, 5.74) is 11.3. The Balaban J connectivity index is 0.000000709. The van der Waals surface area contributed by atoms with Crippen molar-refractivity contribution in [2.75, 3.05) is 50.8 Å². The zero-order valence-corrected chi connectivity index (χ0v) is 49.6. The Labute approximate surface area is 461 Å². The summed E-state index contributed by atoms with van der Waals surface area (Å²) in [4.78, 5) is 56.5. The average Bonchev–Trinajstić information content (AvgIpc) is 3.28. The van der Waals surface area contributed by atoms with Gasteiger partial charge in [-0.3, -0.25) is 9.59 Å². The van der Waals surface area contributed by atoms with Crippen LogP contribution in [0.15, 0.2) is 60.7 Å². The number of aliphatic hydroxyl groups is 1. The molecule has 0 fully saturated rings. The van der Waals surface area contributed by atoms with E-state index in [1.165, 1.54) is 28.3 Å². The Morgan fingerprint density at radius 1 is 0.645 bits per heavy atom. The summed E-state index contributed by atoms with van der Waals surface area (Å²) in [6.07, 6.45) is -0.171. The smallest absolute Gasteiger partial charge is 0.424 e. The number of nitrogens with two attached hydrogens (primary N) is 1. The van der Waals surface area contributed by atoms with Crippen LogP contribution in [0, 0.1) is 36.3 Å². The van der Waals surface area contributed by atoms with Gasteiger partial charge in [0.15, 0.2) is 11.6 Å². The van der Waals surface area contributed by atoms with Crippen molar-refractivity contribution in [2.45, 2.75) is 182 Å². The molecule has 0 aliphatic carbocycles. The first kappa shape index (κ1) is 66.2. The molecule has 2 heterocycles. The summed E-state index contributed by atoms with van der Waals surface area (Å²) < 4.78 is 48.9. The number of carbonyl (C=O) groups is 4. The Kier molecular flexibility index (Phi) is 25.7. The second kappa shape index (κ2) is 29.5. The lowest BCUT2D eigenvalue weighted by molar-refractivity contribution is -0.118. The number of carbonyl (C=O) groups excluding carboxylic acids is 4. The highest BCUT2D eigenvalue weighted by molar-refractivity contribution is 6.13. The van der Waals surface area contributed by atoms with E-state index in [2.05, 4.69) is 41.8 Å². The average molecular weight is 1080 g/mol. The highest BCUT2D eigenvalue weighted by Gasteiger charge is 2.38. The molecule has 13 nitrogen and oxygen atoms in total. The van der Waals surface area contributed by atoms with Crippen LogP contribution in [0.4, 0.5) is 52.5 Å². The Morgan fingerprint density at radius 3 is 1.37 bits per heavy atom. The quantitative estimate of drug-likeness (QED) is 0.131. The molecule has 2 aliphatic heterocycles. The third-order valence-electron chi connectivity index (χ3n) is 11.0. The van der Waals surface area contributed by atoms with E-state index in [-0.39, 0.29) is 65.1 Å². The Bertz CT molecular complexity index is 2560. The number of fused-ring (bicyclic) bond motifs is 2. The van der Waals surface area contributed by atoms with Crippen molar-refractivity contribution in [2.24, 2.45) is 10.8 Å². The van der Waals surface area contributed by atoms with Crippen LogP contribution in [0.1, 0.15) is 165 Å². The lowest BCUT2D eigenvalue weighted by atomic mass is 9.92. The predicted molar refractivity (Wildman–Crippen MR) is 312 cm³/mol. The van der Waals surface area contributed by atoms with Crippen LogP contribution in [0.3, 0.4) is 0 Å². The van der Waals surface area contributed by atoms with Gasteiger partial charge in [-0.25, -0.2) is 18.4 Å². The van der Waals surface area contributed by atoms with Gasteiger partial charge >= 0.3 is 12.2 Å². The fraction of sp³-hybridized carbons (Fsp3) is 0.533. The molecule has 2 aliphatic rings. The molecule has 4 aromatic rings.